The fourth-order valence-corrected chi connectivity index (χ4v) is 2.76. The van der Waals surface area contributed by atoms with Crippen LogP contribution in [0.15, 0.2) is 48.8 Å². The lowest BCUT2D eigenvalue weighted by molar-refractivity contribution is 0.937. The summed E-state index contributed by atoms with van der Waals surface area (Å²) >= 11 is 0. The van der Waals surface area contributed by atoms with E-state index in [4.69, 9.17) is 0 Å². The summed E-state index contributed by atoms with van der Waals surface area (Å²) in [5, 5.41) is 1.06. The highest BCUT2D eigenvalue weighted by Gasteiger charge is 2.13. The van der Waals surface area contributed by atoms with Crippen molar-refractivity contribution in [2.24, 2.45) is 0 Å². The molecule has 0 spiro atoms. The molecule has 0 N–H and O–H groups in total. The molecule has 3 aromatic rings. The van der Waals surface area contributed by atoms with Crippen LogP contribution in [0.4, 0.5) is 5.82 Å². The minimum atomic E-state index is 0.731. The third-order valence-corrected chi connectivity index (χ3v) is 3.93. The van der Waals surface area contributed by atoms with Crippen LogP contribution in [0.1, 0.15) is 12.8 Å². The van der Waals surface area contributed by atoms with Crippen molar-refractivity contribution in [3.05, 3.63) is 48.8 Å². The van der Waals surface area contributed by atoms with Gasteiger partial charge in [0.15, 0.2) is 5.82 Å². The molecule has 4 heteroatoms. The van der Waals surface area contributed by atoms with Crippen molar-refractivity contribution in [2.75, 3.05) is 18.0 Å². The Morgan fingerprint density at radius 3 is 2.52 bits per heavy atom. The van der Waals surface area contributed by atoms with Crippen molar-refractivity contribution >= 4 is 16.7 Å². The smallest absolute Gasteiger partial charge is 0.161 e. The Bertz CT molecular complexity index is 761. The van der Waals surface area contributed by atoms with E-state index in [2.05, 4.69) is 32.0 Å². The molecule has 3 heterocycles. The number of nitrogens with zero attached hydrogens (tertiary/aromatic N) is 4. The molecule has 1 aromatic carbocycles. The van der Waals surface area contributed by atoms with E-state index in [-0.39, 0.29) is 0 Å². The fourth-order valence-electron chi connectivity index (χ4n) is 2.76. The van der Waals surface area contributed by atoms with Gasteiger partial charge >= 0.3 is 0 Å². The monoisotopic (exact) mass is 276 g/mol. The number of aromatic nitrogens is 3. The van der Waals surface area contributed by atoms with Gasteiger partial charge in [-0.1, -0.05) is 18.2 Å². The minimum Gasteiger partial charge on any atom is -0.357 e. The van der Waals surface area contributed by atoms with Crippen LogP contribution < -0.4 is 4.90 Å². The quantitative estimate of drug-likeness (QED) is 0.720. The Balaban J connectivity index is 1.67. The summed E-state index contributed by atoms with van der Waals surface area (Å²) in [6.45, 7) is 2.22. The van der Waals surface area contributed by atoms with Crippen LogP contribution in [-0.4, -0.2) is 28.0 Å². The van der Waals surface area contributed by atoms with Gasteiger partial charge in [-0.25, -0.2) is 15.0 Å². The van der Waals surface area contributed by atoms with Crippen molar-refractivity contribution < 1.29 is 0 Å². The molecule has 104 valence electrons. The summed E-state index contributed by atoms with van der Waals surface area (Å²) in [4.78, 5) is 15.9. The maximum Gasteiger partial charge on any atom is 0.161 e. The van der Waals surface area contributed by atoms with E-state index in [9.17, 15) is 0 Å². The minimum absolute atomic E-state index is 0.731. The van der Waals surface area contributed by atoms with Gasteiger partial charge < -0.3 is 4.90 Å². The Labute approximate surface area is 123 Å². The average Bonchev–Trinajstić information content (AvgIpc) is 3.09. The third-order valence-electron chi connectivity index (χ3n) is 3.93. The summed E-state index contributed by atoms with van der Waals surface area (Å²) in [5.41, 5.74) is 1.93. The Hall–Kier alpha value is -2.49. The van der Waals surface area contributed by atoms with Crippen LogP contribution in [0.3, 0.4) is 0 Å². The van der Waals surface area contributed by atoms with Crippen molar-refractivity contribution in [3.8, 4) is 11.4 Å². The number of rotatable bonds is 2. The lowest BCUT2D eigenvalue weighted by Gasteiger charge is -2.16. The molecule has 1 fully saturated rings. The van der Waals surface area contributed by atoms with Crippen molar-refractivity contribution in [1.29, 1.82) is 0 Å². The van der Waals surface area contributed by atoms with Crippen LogP contribution in [0.5, 0.6) is 0 Å². The lowest BCUT2D eigenvalue weighted by Crippen LogP contribution is -2.18. The summed E-state index contributed by atoms with van der Waals surface area (Å²) in [5.74, 6) is 1.78. The van der Waals surface area contributed by atoms with Gasteiger partial charge in [-0.05, 0) is 31.0 Å². The molecule has 2 aromatic heterocycles. The normalized spacial score (nSPS) is 14.8. The van der Waals surface area contributed by atoms with E-state index in [1.165, 1.54) is 12.8 Å². The Morgan fingerprint density at radius 1 is 0.857 bits per heavy atom. The SMILES string of the molecule is c1ccc2nc(-c3ccc(N4CCCC4)nc3)ncc2c1. The van der Waals surface area contributed by atoms with Gasteiger partial charge in [-0.2, -0.15) is 0 Å². The molecule has 1 aliphatic rings. The topological polar surface area (TPSA) is 41.9 Å². The maximum absolute atomic E-state index is 4.61. The van der Waals surface area contributed by atoms with Gasteiger partial charge in [-0.15, -0.1) is 0 Å². The van der Waals surface area contributed by atoms with Crippen molar-refractivity contribution in [3.63, 3.8) is 0 Å². The molecular formula is C17H16N4. The van der Waals surface area contributed by atoms with E-state index in [0.29, 0.717) is 0 Å². The van der Waals surface area contributed by atoms with E-state index >= 15 is 0 Å². The standard InChI is InChI=1S/C17H16N4/c1-2-6-15-13(5-1)11-19-17(20-15)14-7-8-16(18-12-14)21-9-3-4-10-21/h1-2,5-8,11-12H,3-4,9-10H2. The van der Waals surface area contributed by atoms with Crippen LogP contribution in [-0.2, 0) is 0 Å². The van der Waals surface area contributed by atoms with Gasteiger partial charge in [0, 0.05) is 36.4 Å². The Kier molecular flexibility index (Phi) is 2.99. The molecule has 0 unspecified atom stereocenters. The first-order chi connectivity index (χ1) is 10.4. The highest BCUT2D eigenvalue weighted by Crippen LogP contribution is 2.22. The first-order valence-corrected chi connectivity index (χ1v) is 7.33. The van der Waals surface area contributed by atoms with E-state index in [0.717, 1.165) is 41.2 Å². The molecule has 0 amide bonds. The zero-order chi connectivity index (χ0) is 14.1. The number of hydrogen-bond donors (Lipinski definition) is 0. The molecule has 0 aliphatic carbocycles. The molecule has 1 saturated heterocycles. The molecule has 0 saturated carbocycles. The van der Waals surface area contributed by atoms with Gasteiger partial charge in [0.2, 0.25) is 0 Å². The summed E-state index contributed by atoms with van der Waals surface area (Å²) in [6, 6.07) is 12.1. The van der Waals surface area contributed by atoms with E-state index < -0.39 is 0 Å². The second-order valence-corrected chi connectivity index (χ2v) is 5.35. The van der Waals surface area contributed by atoms with Gasteiger partial charge in [-0.3, -0.25) is 0 Å². The number of para-hydroxylation sites is 1. The van der Waals surface area contributed by atoms with Gasteiger partial charge in [0.25, 0.3) is 0 Å². The second-order valence-electron chi connectivity index (χ2n) is 5.35. The summed E-state index contributed by atoms with van der Waals surface area (Å²) in [7, 11) is 0. The zero-order valence-corrected chi connectivity index (χ0v) is 11.7. The van der Waals surface area contributed by atoms with Crippen LogP contribution in [0.2, 0.25) is 0 Å². The maximum atomic E-state index is 4.61. The first kappa shape index (κ1) is 12.3. The van der Waals surface area contributed by atoms with Crippen molar-refractivity contribution in [1.82, 2.24) is 15.0 Å². The predicted molar refractivity (Wildman–Crippen MR) is 84.2 cm³/mol. The summed E-state index contributed by atoms with van der Waals surface area (Å²) in [6.07, 6.45) is 6.26. The number of anilines is 1. The fraction of sp³-hybridized carbons (Fsp3) is 0.235. The molecule has 0 bridgehead atoms. The lowest BCUT2D eigenvalue weighted by atomic mass is 10.2. The number of hydrogen-bond acceptors (Lipinski definition) is 4. The predicted octanol–water partition coefficient (Wildman–Crippen LogP) is 3.29. The highest BCUT2D eigenvalue weighted by atomic mass is 15.2. The van der Waals surface area contributed by atoms with Gasteiger partial charge in [0.1, 0.15) is 5.82 Å². The first-order valence-electron chi connectivity index (χ1n) is 7.33. The Morgan fingerprint density at radius 2 is 1.71 bits per heavy atom. The van der Waals surface area contributed by atoms with E-state index in [1.807, 2.05) is 36.7 Å². The highest BCUT2D eigenvalue weighted by molar-refractivity contribution is 5.79. The molecule has 4 nitrogen and oxygen atoms in total. The molecule has 1 aliphatic heterocycles. The third kappa shape index (κ3) is 2.33. The van der Waals surface area contributed by atoms with Gasteiger partial charge in [0.05, 0.1) is 5.52 Å². The second kappa shape index (κ2) is 5.13. The zero-order valence-electron chi connectivity index (χ0n) is 11.7. The molecular weight excluding hydrogens is 260 g/mol. The number of benzene rings is 1. The van der Waals surface area contributed by atoms with Crippen LogP contribution in [0, 0.1) is 0 Å². The van der Waals surface area contributed by atoms with Crippen molar-refractivity contribution in [2.45, 2.75) is 12.8 Å². The van der Waals surface area contributed by atoms with Crippen LogP contribution >= 0.6 is 0 Å². The van der Waals surface area contributed by atoms with Crippen LogP contribution in [0.25, 0.3) is 22.3 Å². The number of fused-ring (bicyclic) bond motifs is 1. The molecule has 0 atom stereocenters. The average molecular weight is 276 g/mol. The largest absolute Gasteiger partial charge is 0.357 e. The molecule has 0 radical (unpaired) electrons. The molecule has 4 rings (SSSR count). The number of pyridine rings is 1. The van der Waals surface area contributed by atoms with E-state index in [1.54, 1.807) is 0 Å². The summed E-state index contributed by atoms with van der Waals surface area (Å²) < 4.78 is 0. The molecule has 21 heavy (non-hydrogen) atoms.